The van der Waals surface area contributed by atoms with Crippen LogP contribution in [0.4, 0.5) is 0 Å². The van der Waals surface area contributed by atoms with Crippen molar-refractivity contribution in [3.05, 3.63) is 108 Å². The second-order valence-electron chi connectivity index (χ2n) is 8.43. The number of hydrogen-bond acceptors (Lipinski definition) is 2. The van der Waals surface area contributed by atoms with E-state index in [2.05, 4.69) is 121 Å². The van der Waals surface area contributed by atoms with E-state index in [0.717, 1.165) is 29.5 Å². The van der Waals surface area contributed by atoms with Crippen LogP contribution in [-0.4, -0.2) is 23.2 Å². The highest BCUT2D eigenvalue weighted by Crippen LogP contribution is 2.41. The predicted octanol–water partition coefficient (Wildman–Crippen LogP) is 7.00. The molecule has 3 heteroatoms. The number of ether oxygens (including phenoxy) is 2. The average molecular weight is 526 g/mol. The third kappa shape index (κ3) is 5.05. The fraction of sp³-hybridized carbons (Fsp3) is 0.357. The van der Waals surface area contributed by atoms with Crippen LogP contribution < -0.4 is 0 Å². The second kappa shape index (κ2) is 10.8. The van der Waals surface area contributed by atoms with Crippen LogP contribution in [0.2, 0.25) is 0 Å². The normalized spacial score (nSPS) is 21.3. The van der Waals surface area contributed by atoms with Gasteiger partial charge in [0.05, 0.1) is 18.8 Å². The number of halogens is 1. The van der Waals surface area contributed by atoms with E-state index in [1.54, 1.807) is 0 Å². The largest absolute Gasteiger partial charge is 0.372 e. The van der Waals surface area contributed by atoms with Crippen LogP contribution in [0.5, 0.6) is 0 Å². The monoisotopic (exact) mass is 526 g/mol. The molecule has 2 nitrogen and oxygen atoms in total. The molecule has 1 fully saturated rings. The molecule has 0 bridgehead atoms. The van der Waals surface area contributed by atoms with Crippen molar-refractivity contribution in [2.75, 3.05) is 11.0 Å². The Morgan fingerprint density at radius 3 is 1.77 bits per heavy atom. The van der Waals surface area contributed by atoms with Gasteiger partial charge >= 0.3 is 0 Å². The summed E-state index contributed by atoms with van der Waals surface area (Å²) >= 11 is 2.45. The summed E-state index contributed by atoms with van der Waals surface area (Å²) < 4.78 is 14.6. The van der Waals surface area contributed by atoms with Crippen molar-refractivity contribution < 1.29 is 9.47 Å². The maximum atomic E-state index is 6.95. The minimum atomic E-state index is -0.670. The number of benzene rings is 3. The Morgan fingerprint density at radius 1 is 0.839 bits per heavy atom. The fourth-order valence-corrected chi connectivity index (χ4v) is 5.17. The fourth-order valence-electron chi connectivity index (χ4n) is 4.73. The molecule has 1 aliphatic heterocycles. The van der Waals surface area contributed by atoms with Gasteiger partial charge in [-0.25, -0.2) is 0 Å². The molecule has 1 aliphatic rings. The van der Waals surface area contributed by atoms with Crippen molar-refractivity contribution in [2.45, 2.75) is 44.0 Å². The second-order valence-corrected chi connectivity index (χ2v) is 9.51. The molecule has 0 radical (unpaired) electrons. The van der Waals surface area contributed by atoms with Crippen molar-refractivity contribution in [1.82, 2.24) is 0 Å². The first-order valence-electron chi connectivity index (χ1n) is 11.3. The molecule has 0 saturated carbocycles. The van der Waals surface area contributed by atoms with E-state index in [1.165, 1.54) is 10.8 Å². The first-order chi connectivity index (χ1) is 15.2. The molecule has 31 heavy (non-hydrogen) atoms. The third-order valence-electron chi connectivity index (χ3n) is 6.29. The van der Waals surface area contributed by atoms with Gasteiger partial charge in [0.2, 0.25) is 0 Å². The van der Waals surface area contributed by atoms with Gasteiger partial charge in [-0.05, 0) is 46.3 Å². The maximum absolute atomic E-state index is 6.95. The zero-order valence-electron chi connectivity index (χ0n) is 18.1. The van der Waals surface area contributed by atoms with E-state index in [1.807, 2.05) is 0 Å². The van der Waals surface area contributed by atoms with Gasteiger partial charge in [0.1, 0.15) is 5.60 Å². The van der Waals surface area contributed by atoms with E-state index < -0.39 is 5.60 Å². The summed E-state index contributed by atoms with van der Waals surface area (Å²) in [5.41, 5.74) is 2.75. The molecule has 1 heterocycles. The summed E-state index contributed by atoms with van der Waals surface area (Å²) in [6, 6.07) is 31.7. The van der Waals surface area contributed by atoms with E-state index in [4.69, 9.17) is 9.47 Å². The van der Waals surface area contributed by atoms with Gasteiger partial charge in [-0.15, -0.1) is 0 Å². The molecule has 1 saturated heterocycles. The Kier molecular flexibility index (Phi) is 7.81. The minimum absolute atomic E-state index is 0.129. The molecular weight excluding hydrogens is 495 g/mol. The molecule has 3 aromatic rings. The smallest absolute Gasteiger partial charge is 0.143 e. The SMILES string of the molecule is C[C@H]1C[C@H](COC(c2ccccc2)(c2ccccc2)c2ccccc2)O[C@H]1CCCI. The summed E-state index contributed by atoms with van der Waals surface area (Å²) in [5.74, 6) is 0.580. The lowest BCUT2D eigenvalue weighted by Crippen LogP contribution is -2.35. The predicted molar refractivity (Wildman–Crippen MR) is 136 cm³/mol. The van der Waals surface area contributed by atoms with Gasteiger partial charge in [-0.3, -0.25) is 0 Å². The van der Waals surface area contributed by atoms with Crippen molar-refractivity contribution >= 4 is 22.6 Å². The zero-order chi connectivity index (χ0) is 21.5. The molecule has 3 atom stereocenters. The van der Waals surface area contributed by atoms with E-state index in [0.29, 0.717) is 18.6 Å². The van der Waals surface area contributed by atoms with Gasteiger partial charge in [0.25, 0.3) is 0 Å². The van der Waals surface area contributed by atoms with Crippen LogP contribution in [0.3, 0.4) is 0 Å². The molecule has 0 spiro atoms. The highest BCUT2D eigenvalue weighted by molar-refractivity contribution is 14.1. The van der Waals surface area contributed by atoms with Crippen molar-refractivity contribution in [3.8, 4) is 0 Å². The quantitative estimate of drug-likeness (QED) is 0.170. The number of alkyl halides is 1. The van der Waals surface area contributed by atoms with Crippen molar-refractivity contribution in [2.24, 2.45) is 5.92 Å². The molecule has 0 amide bonds. The summed E-state index contributed by atoms with van der Waals surface area (Å²) in [5, 5.41) is 0. The molecular formula is C28H31IO2. The molecule has 4 rings (SSSR count). The topological polar surface area (TPSA) is 18.5 Å². The maximum Gasteiger partial charge on any atom is 0.143 e. The summed E-state index contributed by atoms with van der Waals surface area (Å²) in [6.07, 6.45) is 3.89. The minimum Gasteiger partial charge on any atom is -0.372 e. The van der Waals surface area contributed by atoms with Gasteiger partial charge < -0.3 is 9.47 Å². The Hall–Kier alpha value is -1.69. The Morgan fingerprint density at radius 2 is 1.32 bits per heavy atom. The van der Waals surface area contributed by atoms with Crippen molar-refractivity contribution in [1.29, 1.82) is 0 Å². The van der Waals surface area contributed by atoms with Crippen LogP contribution in [-0.2, 0) is 15.1 Å². The first kappa shape index (κ1) is 22.5. The Labute approximate surface area is 200 Å². The lowest BCUT2D eigenvalue weighted by Gasteiger charge is -2.36. The molecule has 0 N–H and O–H groups in total. The Balaban J connectivity index is 1.68. The highest BCUT2D eigenvalue weighted by Gasteiger charge is 2.40. The number of rotatable bonds is 9. The Bertz CT molecular complexity index is 817. The van der Waals surface area contributed by atoms with Crippen LogP contribution >= 0.6 is 22.6 Å². The van der Waals surface area contributed by atoms with Gasteiger partial charge in [0, 0.05) is 0 Å². The van der Waals surface area contributed by atoms with E-state index in [9.17, 15) is 0 Å². The van der Waals surface area contributed by atoms with Crippen LogP contribution in [0, 0.1) is 5.92 Å². The van der Waals surface area contributed by atoms with E-state index >= 15 is 0 Å². The summed E-state index contributed by atoms with van der Waals surface area (Å²) in [6.45, 7) is 2.89. The van der Waals surface area contributed by atoms with Crippen LogP contribution in [0.15, 0.2) is 91.0 Å². The third-order valence-corrected chi connectivity index (χ3v) is 7.05. The molecule has 162 valence electrons. The molecule has 0 aliphatic carbocycles. The van der Waals surface area contributed by atoms with Crippen LogP contribution in [0.25, 0.3) is 0 Å². The van der Waals surface area contributed by atoms with Gasteiger partial charge in [-0.2, -0.15) is 0 Å². The first-order valence-corrected chi connectivity index (χ1v) is 12.8. The van der Waals surface area contributed by atoms with Gasteiger partial charge in [-0.1, -0.05) is 121 Å². The summed E-state index contributed by atoms with van der Waals surface area (Å²) in [4.78, 5) is 0. The van der Waals surface area contributed by atoms with Crippen molar-refractivity contribution in [3.63, 3.8) is 0 Å². The zero-order valence-corrected chi connectivity index (χ0v) is 20.3. The highest BCUT2D eigenvalue weighted by atomic mass is 127. The summed E-state index contributed by atoms with van der Waals surface area (Å²) in [7, 11) is 0. The van der Waals surface area contributed by atoms with E-state index in [-0.39, 0.29) is 6.10 Å². The lowest BCUT2D eigenvalue weighted by molar-refractivity contribution is -0.0640. The number of hydrogen-bond donors (Lipinski definition) is 0. The molecule has 0 aromatic heterocycles. The standard InChI is InChI=1S/C28H31IO2/c1-22-20-26(31-27(22)18-11-19-29)21-30-28(23-12-5-2-6-13-23,24-14-7-3-8-15-24)25-16-9-4-10-17-25/h2-10,12-17,22,26-27H,11,18-21H2,1H3/t22-,26+,27-/m0/s1. The lowest BCUT2D eigenvalue weighted by atomic mass is 9.80. The van der Waals surface area contributed by atoms with Gasteiger partial charge in [0.15, 0.2) is 0 Å². The molecule has 0 unspecified atom stereocenters. The van der Waals surface area contributed by atoms with Crippen LogP contribution in [0.1, 0.15) is 42.9 Å². The molecule has 3 aromatic carbocycles. The average Bonchev–Trinajstić information content (AvgIpc) is 3.19.